The SMILES string of the molecule is NC(=O)[C@H]1CCO[C@@H]1C1CCN(c2ncccc2F)CC1. The van der Waals surface area contributed by atoms with E-state index in [1.54, 1.807) is 12.3 Å². The van der Waals surface area contributed by atoms with Crippen molar-refractivity contribution in [3.63, 3.8) is 0 Å². The number of rotatable bonds is 3. The Morgan fingerprint density at radius 2 is 2.14 bits per heavy atom. The topological polar surface area (TPSA) is 68.5 Å². The summed E-state index contributed by atoms with van der Waals surface area (Å²) in [5, 5.41) is 0. The first-order chi connectivity index (χ1) is 10.2. The number of nitrogens with zero attached hydrogens (tertiary/aromatic N) is 2. The molecule has 2 fully saturated rings. The van der Waals surface area contributed by atoms with Crippen LogP contribution in [0.3, 0.4) is 0 Å². The van der Waals surface area contributed by atoms with Crippen molar-refractivity contribution in [1.82, 2.24) is 4.98 Å². The van der Waals surface area contributed by atoms with Crippen LogP contribution in [0.2, 0.25) is 0 Å². The van der Waals surface area contributed by atoms with Gasteiger partial charge in [0.2, 0.25) is 5.91 Å². The summed E-state index contributed by atoms with van der Waals surface area (Å²) < 4.78 is 19.5. The molecule has 0 aliphatic carbocycles. The van der Waals surface area contributed by atoms with Gasteiger partial charge in [0.25, 0.3) is 0 Å². The zero-order chi connectivity index (χ0) is 14.8. The number of pyridine rings is 1. The minimum Gasteiger partial charge on any atom is -0.377 e. The van der Waals surface area contributed by atoms with Gasteiger partial charge in [0.15, 0.2) is 11.6 Å². The second kappa shape index (κ2) is 5.97. The molecule has 2 saturated heterocycles. The molecule has 2 N–H and O–H groups in total. The van der Waals surface area contributed by atoms with Crippen molar-refractivity contribution in [3.8, 4) is 0 Å². The Bertz CT molecular complexity index is 517. The van der Waals surface area contributed by atoms with Crippen molar-refractivity contribution in [3.05, 3.63) is 24.1 Å². The Labute approximate surface area is 123 Å². The number of primary amides is 1. The summed E-state index contributed by atoms with van der Waals surface area (Å²) in [6.45, 7) is 2.06. The lowest BCUT2D eigenvalue weighted by molar-refractivity contribution is -0.124. The number of nitrogens with two attached hydrogens (primary N) is 1. The van der Waals surface area contributed by atoms with Crippen molar-refractivity contribution in [2.45, 2.75) is 25.4 Å². The van der Waals surface area contributed by atoms with Gasteiger partial charge in [-0.25, -0.2) is 9.37 Å². The molecule has 5 nitrogen and oxygen atoms in total. The van der Waals surface area contributed by atoms with E-state index in [9.17, 15) is 9.18 Å². The standard InChI is InChI=1S/C15H20FN3O2/c16-12-2-1-6-18-15(12)19-7-3-10(4-8-19)13-11(14(17)20)5-9-21-13/h1-2,6,10-11,13H,3-5,7-9H2,(H2,17,20)/t11-,13+/m0/s1. The van der Waals surface area contributed by atoms with Gasteiger partial charge in [-0.05, 0) is 37.3 Å². The van der Waals surface area contributed by atoms with Crippen molar-refractivity contribution >= 4 is 11.7 Å². The molecule has 0 unspecified atom stereocenters. The molecular weight excluding hydrogens is 273 g/mol. The summed E-state index contributed by atoms with van der Waals surface area (Å²) in [7, 11) is 0. The molecule has 2 atom stereocenters. The van der Waals surface area contributed by atoms with Crippen LogP contribution in [0.1, 0.15) is 19.3 Å². The molecule has 21 heavy (non-hydrogen) atoms. The number of anilines is 1. The lowest BCUT2D eigenvalue weighted by atomic mass is 9.84. The van der Waals surface area contributed by atoms with Gasteiger partial charge in [-0.1, -0.05) is 0 Å². The lowest BCUT2D eigenvalue weighted by Crippen LogP contribution is -2.42. The molecule has 1 aromatic rings. The quantitative estimate of drug-likeness (QED) is 0.913. The average Bonchev–Trinajstić information content (AvgIpc) is 2.98. The molecule has 0 aromatic carbocycles. The first kappa shape index (κ1) is 14.3. The average molecular weight is 293 g/mol. The molecule has 0 bridgehead atoms. The van der Waals surface area contributed by atoms with Crippen molar-refractivity contribution in [2.75, 3.05) is 24.6 Å². The third-order valence-electron chi connectivity index (χ3n) is 4.54. The van der Waals surface area contributed by atoms with Gasteiger partial charge in [0, 0.05) is 25.9 Å². The van der Waals surface area contributed by atoms with Gasteiger partial charge in [-0.15, -0.1) is 0 Å². The largest absolute Gasteiger partial charge is 0.377 e. The minimum absolute atomic E-state index is 0.0711. The summed E-state index contributed by atoms with van der Waals surface area (Å²) in [6.07, 6.45) is 3.98. The van der Waals surface area contributed by atoms with E-state index in [1.807, 2.05) is 4.90 Å². The minimum atomic E-state index is -0.289. The maximum atomic E-state index is 13.8. The summed E-state index contributed by atoms with van der Waals surface area (Å²) in [5.74, 6) is -0.00493. The van der Waals surface area contributed by atoms with Crippen LogP contribution in [0.15, 0.2) is 18.3 Å². The van der Waals surface area contributed by atoms with Gasteiger partial charge in [0.05, 0.1) is 12.0 Å². The van der Waals surface area contributed by atoms with Gasteiger partial charge >= 0.3 is 0 Å². The Morgan fingerprint density at radius 1 is 1.38 bits per heavy atom. The van der Waals surface area contributed by atoms with Gasteiger partial charge < -0.3 is 15.4 Å². The van der Waals surface area contributed by atoms with Crippen LogP contribution < -0.4 is 10.6 Å². The molecule has 0 spiro atoms. The zero-order valence-electron chi connectivity index (χ0n) is 11.9. The normalized spacial score (nSPS) is 27.0. The highest BCUT2D eigenvalue weighted by Gasteiger charge is 2.39. The van der Waals surface area contributed by atoms with E-state index in [-0.39, 0.29) is 23.7 Å². The Balaban J connectivity index is 1.63. The number of carbonyl (C=O) groups is 1. The molecule has 3 heterocycles. The number of amides is 1. The fourth-order valence-electron chi connectivity index (χ4n) is 3.43. The number of hydrogen-bond donors (Lipinski definition) is 1. The Kier molecular flexibility index (Phi) is 4.05. The smallest absolute Gasteiger partial charge is 0.223 e. The van der Waals surface area contributed by atoms with E-state index in [0.717, 1.165) is 32.4 Å². The number of piperidine rings is 1. The fourth-order valence-corrected chi connectivity index (χ4v) is 3.43. The van der Waals surface area contributed by atoms with E-state index in [1.165, 1.54) is 6.07 Å². The first-order valence-electron chi connectivity index (χ1n) is 7.43. The highest BCUT2D eigenvalue weighted by atomic mass is 19.1. The molecule has 114 valence electrons. The lowest BCUT2D eigenvalue weighted by Gasteiger charge is -2.36. The summed E-state index contributed by atoms with van der Waals surface area (Å²) in [5.41, 5.74) is 5.44. The third-order valence-corrected chi connectivity index (χ3v) is 4.54. The van der Waals surface area contributed by atoms with Crippen LogP contribution >= 0.6 is 0 Å². The van der Waals surface area contributed by atoms with Crippen LogP contribution in [0, 0.1) is 17.7 Å². The van der Waals surface area contributed by atoms with Gasteiger partial charge in [-0.3, -0.25) is 4.79 Å². The highest BCUT2D eigenvalue weighted by Crippen LogP contribution is 2.34. The van der Waals surface area contributed by atoms with Crippen LogP contribution in [0.4, 0.5) is 10.2 Å². The molecule has 2 aliphatic rings. The van der Waals surface area contributed by atoms with E-state index >= 15 is 0 Å². The zero-order valence-corrected chi connectivity index (χ0v) is 11.9. The van der Waals surface area contributed by atoms with Gasteiger partial charge in [0.1, 0.15) is 0 Å². The predicted molar refractivity (Wildman–Crippen MR) is 76.2 cm³/mol. The molecular formula is C15H20FN3O2. The second-order valence-corrected chi connectivity index (χ2v) is 5.77. The number of ether oxygens (including phenoxy) is 1. The van der Waals surface area contributed by atoms with Crippen molar-refractivity contribution < 1.29 is 13.9 Å². The number of halogens is 1. The van der Waals surface area contributed by atoms with E-state index in [0.29, 0.717) is 18.3 Å². The maximum Gasteiger partial charge on any atom is 0.223 e. The van der Waals surface area contributed by atoms with Crippen molar-refractivity contribution in [2.24, 2.45) is 17.6 Å². The molecule has 1 aromatic heterocycles. The monoisotopic (exact) mass is 293 g/mol. The Morgan fingerprint density at radius 3 is 2.81 bits per heavy atom. The second-order valence-electron chi connectivity index (χ2n) is 5.77. The number of hydrogen-bond acceptors (Lipinski definition) is 4. The highest BCUT2D eigenvalue weighted by molar-refractivity contribution is 5.77. The predicted octanol–water partition coefficient (Wildman–Crippen LogP) is 1.33. The van der Waals surface area contributed by atoms with Crippen LogP contribution in [-0.2, 0) is 9.53 Å². The fraction of sp³-hybridized carbons (Fsp3) is 0.600. The van der Waals surface area contributed by atoms with Crippen molar-refractivity contribution in [1.29, 1.82) is 0 Å². The molecule has 2 aliphatic heterocycles. The molecule has 0 radical (unpaired) electrons. The van der Waals surface area contributed by atoms with Gasteiger partial charge in [-0.2, -0.15) is 0 Å². The van der Waals surface area contributed by atoms with E-state index in [2.05, 4.69) is 4.98 Å². The summed E-state index contributed by atoms with van der Waals surface area (Å²) in [4.78, 5) is 17.5. The molecule has 6 heteroatoms. The summed E-state index contributed by atoms with van der Waals surface area (Å²) >= 11 is 0. The number of aromatic nitrogens is 1. The molecule has 1 amide bonds. The van der Waals surface area contributed by atoms with E-state index in [4.69, 9.17) is 10.5 Å². The van der Waals surface area contributed by atoms with Crippen LogP contribution in [0.25, 0.3) is 0 Å². The number of carbonyl (C=O) groups excluding carboxylic acids is 1. The van der Waals surface area contributed by atoms with Crippen LogP contribution in [-0.4, -0.2) is 36.7 Å². The summed E-state index contributed by atoms with van der Waals surface area (Å²) in [6, 6.07) is 3.02. The molecule has 3 rings (SSSR count). The first-order valence-corrected chi connectivity index (χ1v) is 7.43. The molecule has 0 saturated carbocycles. The Hall–Kier alpha value is -1.69. The third kappa shape index (κ3) is 2.85. The maximum absolute atomic E-state index is 13.8. The van der Waals surface area contributed by atoms with Crippen LogP contribution in [0.5, 0.6) is 0 Å². The van der Waals surface area contributed by atoms with E-state index < -0.39 is 0 Å².